The minimum atomic E-state index is -0.462. The van der Waals surface area contributed by atoms with E-state index in [9.17, 15) is 18.4 Å². The van der Waals surface area contributed by atoms with Crippen molar-refractivity contribution in [2.75, 3.05) is 25.5 Å². The van der Waals surface area contributed by atoms with Crippen LogP contribution in [0.1, 0.15) is 24.2 Å². The Hall–Kier alpha value is -4.53. The average Bonchev–Trinajstić information content (AvgIpc) is 3.32. The maximum Gasteiger partial charge on any atom is 0.254 e. The van der Waals surface area contributed by atoms with Gasteiger partial charge in [-0.3, -0.25) is 19.5 Å². The van der Waals surface area contributed by atoms with Gasteiger partial charge in [-0.05, 0) is 78.7 Å². The summed E-state index contributed by atoms with van der Waals surface area (Å²) < 4.78 is 33.8. The molecular weight excluding hydrogens is 490 g/mol. The second-order valence-electron chi connectivity index (χ2n) is 9.16. The van der Waals surface area contributed by atoms with Gasteiger partial charge in [-0.25, -0.2) is 13.8 Å². The molecule has 1 aromatic heterocycles. The monoisotopic (exact) mass is 518 g/mol. The van der Waals surface area contributed by atoms with Crippen molar-refractivity contribution in [1.29, 1.82) is 0 Å². The quantitative estimate of drug-likeness (QED) is 0.315. The minimum absolute atomic E-state index is 0.0927. The Balaban J connectivity index is 1.61. The molecule has 0 saturated carbocycles. The molecule has 1 heterocycles. The molecule has 0 fully saturated rings. The molecular formula is C29H28F2N4O3. The Morgan fingerprint density at radius 3 is 2.13 bits per heavy atom. The lowest BCUT2D eigenvalue weighted by Crippen LogP contribution is -2.40. The summed E-state index contributed by atoms with van der Waals surface area (Å²) >= 11 is 0. The van der Waals surface area contributed by atoms with Crippen molar-refractivity contribution >= 4 is 17.8 Å². The lowest BCUT2D eigenvalue weighted by atomic mass is 10.1. The van der Waals surface area contributed by atoms with Gasteiger partial charge in [0.05, 0.1) is 12.8 Å². The maximum atomic E-state index is 13.6. The van der Waals surface area contributed by atoms with Crippen LogP contribution in [0.4, 0.5) is 14.7 Å². The summed E-state index contributed by atoms with van der Waals surface area (Å²) in [5, 5.41) is 2.80. The third-order valence-electron chi connectivity index (χ3n) is 5.75. The second kappa shape index (κ2) is 11.7. The van der Waals surface area contributed by atoms with Gasteiger partial charge >= 0.3 is 0 Å². The first-order valence-electron chi connectivity index (χ1n) is 12.1. The number of hydrogen-bond acceptors (Lipinski definition) is 4. The number of anilines is 1. The summed E-state index contributed by atoms with van der Waals surface area (Å²) in [6.45, 7) is 3.96. The highest BCUT2D eigenvalue weighted by molar-refractivity contribution is 5.99. The summed E-state index contributed by atoms with van der Waals surface area (Å²) in [5.41, 5.74) is 2.24. The van der Waals surface area contributed by atoms with E-state index >= 15 is 0 Å². The van der Waals surface area contributed by atoms with Crippen LogP contribution in [0.3, 0.4) is 0 Å². The zero-order chi connectivity index (χ0) is 27.2. The van der Waals surface area contributed by atoms with Crippen molar-refractivity contribution in [2.45, 2.75) is 13.8 Å². The van der Waals surface area contributed by atoms with Gasteiger partial charge in [-0.15, -0.1) is 0 Å². The van der Waals surface area contributed by atoms with Gasteiger partial charge in [0.1, 0.15) is 23.9 Å². The molecule has 0 spiro atoms. The molecule has 2 amide bonds. The molecule has 0 aliphatic carbocycles. The molecule has 38 heavy (non-hydrogen) atoms. The molecule has 9 heteroatoms. The molecule has 0 bridgehead atoms. The second-order valence-corrected chi connectivity index (χ2v) is 9.16. The summed E-state index contributed by atoms with van der Waals surface area (Å²) in [4.78, 5) is 32.3. The van der Waals surface area contributed by atoms with Crippen molar-refractivity contribution < 1.29 is 23.1 Å². The number of aromatic nitrogens is 2. The fraction of sp³-hybridized carbons (Fsp3) is 0.207. The standard InChI is InChI=1S/C29H28F2N4O3/c1-19(2)16-34(28(37)21-4-8-22(30)9-5-21)18-27(36)33-29-32-26(20-6-14-25(38-3)15-7-20)17-35(29)24-12-10-23(31)11-13-24/h4-15,17,19H,16,18H2,1-3H3,(H,32,33,36). The van der Waals surface area contributed by atoms with Gasteiger partial charge in [0.2, 0.25) is 11.9 Å². The summed E-state index contributed by atoms with van der Waals surface area (Å²) in [5.74, 6) is -0.683. The Morgan fingerprint density at radius 1 is 0.947 bits per heavy atom. The third kappa shape index (κ3) is 6.42. The number of ether oxygens (including phenoxy) is 1. The number of imidazole rings is 1. The van der Waals surface area contributed by atoms with E-state index in [1.165, 1.54) is 41.3 Å². The number of nitrogens with zero attached hydrogens (tertiary/aromatic N) is 3. The van der Waals surface area contributed by atoms with E-state index in [0.717, 1.165) is 5.56 Å². The average molecular weight is 519 g/mol. The van der Waals surface area contributed by atoms with Crippen LogP contribution in [0.5, 0.6) is 5.75 Å². The van der Waals surface area contributed by atoms with E-state index in [-0.39, 0.29) is 29.9 Å². The third-order valence-corrected chi connectivity index (χ3v) is 5.75. The van der Waals surface area contributed by atoms with E-state index < -0.39 is 17.5 Å². The SMILES string of the molecule is COc1ccc(-c2cn(-c3ccc(F)cc3)c(NC(=O)CN(CC(C)C)C(=O)c3ccc(F)cc3)n2)cc1. The van der Waals surface area contributed by atoms with Crippen LogP contribution >= 0.6 is 0 Å². The van der Waals surface area contributed by atoms with Crippen LogP contribution in [-0.2, 0) is 4.79 Å². The Kier molecular flexibility index (Phi) is 8.15. The molecule has 196 valence electrons. The molecule has 4 aromatic rings. The van der Waals surface area contributed by atoms with Gasteiger partial charge < -0.3 is 9.64 Å². The predicted octanol–water partition coefficient (Wildman–Crippen LogP) is 5.56. The lowest BCUT2D eigenvalue weighted by molar-refractivity contribution is -0.117. The van der Waals surface area contributed by atoms with Crippen molar-refractivity contribution in [2.24, 2.45) is 5.92 Å². The van der Waals surface area contributed by atoms with Gasteiger partial charge in [0.25, 0.3) is 5.91 Å². The molecule has 1 N–H and O–H groups in total. The van der Waals surface area contributed by atoms with Crippen molar-refractivity contribution in [3.05, 3.63) is 96.2 Å². The Labute approximate surface area is 219 Å². The lowest BCUT2D eigenvalue weighted by Gasteiger charge is -2.24. The summed E-state index contributed by atoms with van der Waals surface area (Å²) in [6.07, 6.45) is 1.74. The minimum Gasteiger partial charge on any atom is -0.497 e. The summed E-state index contributed by atoms with van der Waals surface area (Å²) in [7, 11) is 1.58. The molecule has 0 radical (unpaired) electrons. The number of halogens is 2. The van der Waals surface area contributed by atoms with Crippen LogP contribution in [0, 0.1) is 17.6 Å². The van der Waals surface area contributed by atoms with Crippen LogP contribution in [0.15, 0.2) is 79.0 Å². The molecule has 4 rings (SSSR count). The number of carbonyl (C=O) groups excluding carboxylic acids is 2. The van der Waals surface area contributed by atoms with E-state index in [1.807, 2.05) is 26.0 Å². The van der Waals surface area contributed by atoms with Crippen molar-refractivity contribution in [1.82, 2.24) is 14.5 Å². The molecule has 0 aliphatic rings. The van der Waals surface area contributed by atoms with Crippen LogP contribution in [0.2, 0.25) is 0 Å². The number of nitrogens with one attached hydrogen (secondary N) is 1. The highest BCUT2D eigenvalue weighted by atomic mass is 19.1. The zero-order valence-electron chi connectivity index (χ0n) is 21.3. The highest BCUT2D eigenvalue weighted by Gasteiger charge is 2.22. The van der Waals surface area contributed by atoms with Gasteiger partial charge in [0.15, 0.2) is 0 Å². The van der Waals surface area contributed by atoms with Crippen LogP contribution in [0.25, 0.3) is 16.9 Å². The first kappa shape index (κ1) is 26.5. The smallest absolute Gasteiger partial charge is 0.254 e. The zero-order valence-corrected chi connectivity index (χ0v) is 21.3. The normalized spacial score (nSPS) is 10.9. The molecule has 0 atom stereocenters. The number of methoxy groups -OCH3 is 1. The summed E-state index contributed by atoms with van der Waals surface area (Å²) in [6, 6.07) is 18.3. The number of hydrogen-bond donors (Lipinski definition) is 1. The van der Waals surface area contributed by atoms with Gasteiger partial charge in [-0.2, -0.15) is 0 Å². The number of carbonyl (C=O) groups is 2. The number of rotatable bonds is 9. The fourth-order valence-electron chi connectivity index (χ4n) is 3.94. The maximum absolute atomic E-state index is 13.6. The largest absolute Gasteiger partial charge is 0.497 e. The van der Waals surface area contributed by atoms with Crippen LogP contribution < -0.4 is 10.1 Å². The first-order valence-corrected chi connectivity index (χ1v) is 12.1. The van der Waals surface area contributed by atoms with E-state index in [4.69, 9.17) is 4.74 Å². The number of benzene rings is 3. The molecule has 7 nitrogen and oxygen atoms in total. The molecule has 0 unspecified atom stereocenters. The molecule has 0 saturated heterocycles. The Bertz CT molecular complexity index is 1400. The topological polar surface area (TPSA) is 76.5 Å². The van der Waals surface area contributed by atoms with E-state index in [0.29, 0.717) is 23.7 Å². The van der Waals surface area contributed by atoms with Gasteiger partial charge in [-0.1, -0.05) is 13.8 Å². The number of amides is 2. The van der Waals surface area contributed by atoms with Crippen LogP contribution in [-0.4, -0.2) is 46.5 Å². The fourth-order valence-corrected chi connectivity index (χ4v) is 3.94. The van der Waals surface area contributed by atoms with Crippen molar-refractivity contribution in [3.8, 4) is 22.7 Å². The molecule has 0 aliphatic heterocycles. The van der Waals surface area contributed by atoms with E-state index in [2.05, 4.69) is 10.3 Å². The Morgan fingerprint density at radius 2 is 1.55 bits per heavy atom. The van der Waals surface area contributed by atoms with E-state index in [1.54, 1.807) is 42.1 Å². The van der Waals surface area contributed by atoms with Crippen molar-refractivity contribution in [3.63, 3.8) is 0 Å². The highest BCUT2D eigenvalue weighted by Crippen LogP contribution is 2.26. The van der Waals surface area contributed by atoms with Gasteiger partial charge in [0, 0.05) is 29.6 Å². The predicted molar refractivity (Wildman–Crippen MR) is 141 cm³/mol. The molecule has 3 aromatic carbocycles. The first-order chi connectivity index (χ1) is 18.2.